The number of amides is 1. The van der Waals surface area contributed by atoms with Crippen molar-refractivity contribution in [3.63, 3.8) is 0 Å². The highest BCUT2D eigenvalue weighted by Crippen LogP contribution is 2.16. The molecule has 7 nitrogen and oxygen atoms in total. The van der Waals surface area contributed by atoms with E-state index in [2.05, 4.69) is 10.3 Å². The molecule has 1 fully saturated rings. The molecule has 104 valence electrons. The van der Waals surface area contributed by atoms with Crippen LogP contribution in [0.5, 0.6) is 0 Å². The maximum absolute atomic E-state index is 11.7. The Morgan fingerprint density at radius 2 is 2.32 bits per heavy atom. The minimum Gasteiger partial charge on any atom is -0.386 e. The van der Waals surface area contributed by atoms with Crippen LogP contribution < -0.4 is 11.1 Å². The Labute approximate surface area is 110 Å². The second-order valence-electron chi connectivity index (χ2n) is 4.46. The van der Waals surface area contributed by atoms with E-state index in [1.165, 1.54) is 6.20 Å². The number of nitrogens with two attached hydrogens (primary N) is 1. The van der Waals surface area contributed by atoms with Gasteiger partial charge in [0.25, 0.3) is 5.91 Å². The van der Waals surface area contributed by atoms with Gasteiger partial charge in [-0.25, -0.2) is 0 Å². The number of aliphatic hydroxyl groups excluding tert-OH is 2. The Hall–Kier alpha value is -1.54. The Morgan fingerprint density at radius 3 is 2.95 bits per heavy atom. The molecule has 1 aliphatic rings. The van der Waals surface area contributed by atoms with Crippen LogP contribution in [0.1, 0.15) is 16.9 Å². The second-order valence-corrected chi connectivity index (χ2v) is 4.46. The predicted molar refractivity (Wildman–Crippen MR) is 66.0 cm³/mol. The number of aliphatic hydroxyl groups is 2. The van der Waals surface area contributed by atoms with E-state index >= 15 is 0 Å². The van der Waals surface area contributed by atoms with Crippen LogP contribution in [0.25, 0.3) is 0 Å². The normalized spacial score (nSPS) is 30.9. The zero-order valence-corrected chi connectivity index (χ0v) is 10.3. The summed E-state index contributed by atoms with van der Waals surface area (Å²) in [7, 11) is 0. The topological polar surface area (TPSA) is 118 Å². The third-order valence-electron chi connectivity index (χ3n) is 2.99. The number of rotatable bonds is 3. The number of nitrogens with one attached hydrogen (secondary N) is 1. The summed E-state index contributed by atoms with van der Waals surface area (Å²) >= 11 is 0. The van der Waals surface area contributed by atoms with Crippen LogP contribution >= 0.6 is 0 Å². The number of carbonyl (C=O) groups excluding carboxylic acids is 1. The van der Waals surface area contributed by atoms with Crippen LogP contribution in [0, 0.1) is 0 Å². The number of pyridine rings is 1. The lowest BCUT2D eigenvalue weighted by Gasteiger charge is -2.35. The highest BCUT2D eigenvalue weighted by Gasteiger charge is 2.34. The molecule has 1 amide bonds. The van der Waals surface area contributed by atoms with Gasteiger partial charge in [0.15, 0.2) is 6.29 Å². The summed E-state index contributed by atoms with van der Waals surface area (Å²) in [5, 5.41) is 21.5. The molecule has 0 spiro atoms. The van der Waals surface area contributed by atoms with Crippen molar-refractivity contribution in [1.29, 1.82) is 0 Å². The monoisotopic (exact) mass is 267 g/mol. The van der Waals surface area contributed by atoms with E-state index in [4.69, 9.17) is 10.5 Å². The summed E-state index contributed by atoms with van der Waals surface area (Å²) in [5.74, 6) is -0.321. The standard InChI is InChI=1S/C12H17N3O4/c13-8-5-7(19-12(18)10(8)16)6-15-11(17)9-3-1-2-4-14-9/h1-4,7-8,10,12,16,18H,5-6,13H2,(H,15,17)/t7-,8?,10?,12+/m0/s1. The molecule has 0 bridgehead atoms. The van der Waals surface area contributed by atoms with Crippen molar-refractivity contribution in [3.8, 4) is 0 Å². The number of hydrogen-bond donors (Lipinski definition) is 4. The summed E-state index contributed by atoms with van der Waals surface area (Å²) in [4.78, 5) is 15.7. The maximum Gasteiger partial charge on any atom is 0.269 e. The van der Waals surface area contributed by atoms with Gasteiger partial charge in [0.05, 0.1) is 6.10 Å². The molecule has 0 aromatic carbocycles. The molecule has 5 N–H and O–H groups in total. The summed E-state index contributed by atoms with van der Waals surface area (Å²) in [5.41, 5.74) is 5.97. The quantitative estimate of drug-likeness (QED) is 0.535. The Morgan fingerprint density at radius 1 is 1.53 bits per heavy atom. The molecule has 7 heteroatoms. The summed E-state index contributed by atoms with van der Waals surface area (Å²) < 4.78 is 5.15. The number of aromatic nitrogens is 1. The molecule has 2 rings (SSSR count). The lowest BCUT2D eigenvalue weighted by Crippen LogP contribution is -2.54. The maximum atomic E-state index is 11.7. The summed E-state index contributed by atoms with van der Waals surface area (Å²) in [6.45, 7) is 0.201. The van der Waals surface area contributed by atoms with Crippen molar-refractivity contribution in [2.45, 2.75) is 31.0 Å². The highest BCUT2D eigenvalue weighted by atomic mass is 16.6. The van der Waals surface area contributed by atoms with Gasteiger partial charge in [-0.15, -0.1) is 0 Å². The van der Waals surface area contributed by atoms with Crippen molar-refractivity contribution in [3.05, 3.63) is 30.1 Å². The van der Waals surface area contributed by atoms with E-state index in [9.17, 15) is 15.0 Å². The Balaban J connectivity index is 1.84. The smallest absolute Gasteiger partial charge is 0.269 e. The fraction of sp³-hybridized carbons (Fsp3) is 0.500. The molecule has 1 aliphatic heterocycles. The van der Waals surface area contributed by atoms with Crippen molar-refractivity contribution >= 4 is 5.91 Å². The van der Waals surface area contributed by atoms with Gasteiger partial charge < -0.3 is 26.0 Å². The molecular formula is C12H17N3O4. The molecule has 1 saturated heterocycles. The van der Waals surface area contributed by atoms with Crippen molar-refractivity contribution in [2.75, 3.05) is 6.54 Å². The van der Waals surface area contributed by atoms with E-state index in [-0.39, 0.29) is 12.5 Å². The Kier molecular flexibility index (Phi) is 4.43. The molecular weight excluding hydrogens is 250 g/mol. The molecule has 1 aromatic heterocycles. The van der Waals surface area contributed by atoms with Gasteiger partial charge in [0, 0.05) is 18.8 Å². The highest BCUT2D eigenvalue weighted by molar-refractivity contribution is 5.92. The van der Waals surface area contributed by atoms with Crippen LogP contribution in [0.4, 0.5) is 0 Å². The molecule has 0 saturated carbocycles. The number of carbonyl (C=O) groups is 1. The SMILES string of the molecule is NC1C[C@@H](CNC(=O)c2ccccn2)O[C@@H](O)C1O. The third kappa shape index (κ3) is 3.48. The fourth-order valence-corrected chi connectivity index (χ4v) is 1.91. The van der Waals surface area contributed by atoms with Gasteiger partial charge >= 0.3 is 0 Å². The number of hydrogen-bond acceptors (Lipinski definition) is 6. The van der Waals surface area contributed by atoms with Crippen molar-refractivity contribution < 1.29 is 19.7 Å². The van der Waals surface area contributed by atoms with Gasteiger partial charge in [0.2, 0.25) is 0 Å². The summed E-state index contributed by atoms with van der Waals surface area (Å²) in [6.07, 6.45) is -0.952. The number of nitrogens with zero attached hydrogens (tertiary/aromatic N) is 1. The Bertz CT molecular complexity index is 416. The van der Waals surface area contributed by atoms with E-state index in [0.29, 0.717) is 12.1 Å². The van der Waals surface area contributed by atoms with Gasteiger partial charge in [-0.05, 0) is 18.6 Å². The van der Waals surface area contributed by atoms with Gasteiger partial charge in [-0.2, -0.15) is 0 Å². The molecule has 2 heterocycles. The first-order valence-corrected chi connectivity index (χ1v) is 6.04. The zero-order valence-electron chi connectivity index (χ0n) is 10.3. The molecule has 1 aromatic rings. The van der Waals surface area contributed by atoms with E-state index in [0.717, 1.165) is 0 Å². The van der Waals surface area contributed by atoms with Gasteiger partial charge in [-0.1, -0.05) is 6.07 Å². The minimum atomic E-state index is -1.32. The number of ether oxygens (including phenoxy) is 1. The molecule has 0 aliphatic carbocycles. The first-order chi connectivity index (χ1) is 9.08. The van der Waals surface area contributed by atoms with Crippen LogP contribution in [-0.2, 0) is 4.74 Å². The van der Waals surface area contributed by atoms with Gasteiger partial charge in [0.1, 0.15) is 11.8 Å². The summed E-state index contributed by atoms with van der Waals surface area (Å²) in [6, 6.07) is 4.47. The van der Waals surface area contributed by atoms with Crippen LogP contribution in [0.2, 0.25) is 0 Å². The second kappa shape index (κ2) is 6.07. The fourth-order valence-electron chi connectivity index (χ4n) is 1.91. The van der Waals surface area contributed by atoms with Crippen LogP contribution in [0.15, 0.2) is 24.4 Å². The lowest BCUT2D eigenvalue weighted by molar-refractivity contribution is -0.219. The molecule has 2 unspecified atom stereocenters. The first-order valence-electron chi connectivity index (χ1n) is 6.04. The average molecular weight is 267 g/mol. The van der Waals surface area contributed by atoms with E-state index in [1.807, 2.05) is 0 Å². The van der Waals surface area contributed by atoms with Crippen molar-refractivity contribution in [2.24, 2.45) is 5.73 Å². The largest absolute Gasteiger partial charge is 0.386 e. The van der Waals surface area contributed by atoms with Gasteiger partial charge in [-0.3, -0.25) is 9.78 Å². The van der Waals surface area contributed by atoms with E-state index < -0.39 is 24.5 Å². The lowest BCUT2D eigenvalue weighted by atomic mass is 10.0. The molecule has 4 atom stereocenters. The van der Waals surface area contributed by atoms with Crippen LogP contribution in [-0.4, -0.2) is 52.2 Å². The first kappa shape index (κ1) is 13.9. The predicted octanol–water partition coefficient (Wildman–Crippen LogP) is -1.39. The minimum absolute atomic E-state index is 0.201. The molecule has 19 heavy (non-hydrogen) atoms. The van der Waals surface area contributed by atoms with E-state index in [1.54, 1.807) is 18.2 Å². The molecule has 0 radical (unpaired) electrons. The third-order valence-corrected chi connectivity index (χ3v) is 2.99. The zero-order chi connectivity index (χ0) is 13.8. The van der Waals surface area contributed by atoms with Crippen molar-refractivity contribution in [1.82, 2.24) is 10.3 Å². The average Bonchev–Trinajstić information content (AvgIpc) is 2.43. The van der Waals surface area contributed by atoms with Crippen LogP contribution in [0.3, 0.4) is 0 Å².